The maximum Gasteiger partial charge on any atom is 0.0481 e. The van der Waals surface area contributed by atoms with Crippen LogP contribution in [0.5, 0.6) is 0 Å². The van der Waals surface area contributed by atoms with Crippen LogP contribution in [0, 0.1) is 17.8 Å². The van der Waals surface area contributed by atoms with E-state index in [1.54, 1.807) is 0 Å². The molecule has 0 amide bonds. The quantitative estimate of drug-likeness (QED) is 0.882. The summed E-state index contributed by atoms with van der Waals surface area (Å²) in [7, 11) is 0. The van der Waals surface area contributed by atoms with Crippen molar-refractivity contribution >= 4 is 0 Å². The molecule has 1 heterocycles. The van der Waals surface area contributed by atoms with Crippen LogP contribution in [0.3, 0.4) is 0 Å². The van der Waals surface area contributed by atoms with Crippen LogP contribution in [-0.4, -0.2) is 11.0 Å². The lowest BCUT2D eigenvalue weighted by molar-refractivity contribution is 0.244. The molecule has 2 fully saturated rings. The minimum Gasteiger partial charge on any atom is -0.327 e. The van der Waals surface area contributed by atoms with Crippen LogP contribution < -0.4 is 5.73 Å². The fourth-order valence-electron chi connectivity index (χ4n) is 5.08. The molecule has 5 atom stereocenters. The Morgan fingerprint density at radius 3 is 2.95 bits per heavy atom. The Bertz CT molecular complexity index is 470. The van der Waals surface area contributed by atoms with Crippen LogP contribution in [0.1, 0.15) is 55.7 Å². The highest BCUT2D eigenvalue weighted by atomic mass is 14.8. The lowest BCUT2D eigenvalue weighted by Gasteiger charge is -2.36. The highest BCUT2D eigenvalue weighted by Crippen LogP contribution is 2.51. The zero-order valence-corrected chi connectivity index (χ0v) is 11.6. The van der Waals surface area contributed by atoms with Crippen molar-refractivity contribution in [2.24, 2.45) is 23.5 Å². The Labute approximate surface area is 115 Å². The van der Waals surface area contributed by atoms with Gasteiger partial charge in [-0.3, -0.25) is 4.98 Å². The number of nitrogens with zero attached hydrogens (tertiary/aromatic N) is 1. The molecule has 0 aliphatic heterocycles. The normalized spacial score (nSPS) is 38.2. The smallest absolute Gasteiger partial charge is 0.0481 e. The third kappa shape index (κ3) is 1.92. The van der Waals surface area contributed by atoms with Crippen molar-refractivity contribution in [3.63, 3.8) is 0 Å². The molecule has 0 saturated heterocycles. The minimum absolute atomic E-state index is 0.351. The SMILES string of the molecule is NC(C1CCCc2cccnc21)C1CC2CCC1C2. The lowest BCUT2D eigenvalue weighted by Crippen LogP contribution is -2.40. The van der Waals surface area contributed by atoms with Gasteiger partial charge in [-0.05, 0) is 67.9 Å². The lowest BCUT2D eigenvalue weighted by atomic mass is 9.73. The van der Waals surface area contributed by atoms with Crippen LogP contribution in [0.15, 0.2) is 18.3 Å². The summed E-state index contributed by atoms with van der Waals surface area (Å²) in [4.78, 5) is 4.68. The van der Waals surface area contributed by atoms with Gasteiger partial charge in [0.15, 0.2) is 0 Å². The van der Waals surface area contributed by atoms with E-state index in [2.05, 4.69) is 17.1 Å². The van der Waals surface area contributed by atoms with Crippen molar-refractivity contribution in [1.82, 2.24) is 4.98 Å². The number of rotatable bonds is 2. The molecule has 4 rings (SSSR count). The first-order valence-corrected chi connectivity index (χ1v) is 8.02. The monoisotopic (exact) mass is 256 g/mol. The Hall–Kier alpha value is -0.890. The summed E-state index contributed by atoms with van der Waals surface area (Å²) in [5.74, 6) is 3.22. The molecule has 2 N–H and O–H groups in total. The fraction of sp³-hybridized carbons (Fsp3) is 0.706. The predicted octanol–water partition coefficient (Wildman–Crippen LogP) is 3.27. The average Bonchev–Trinajstić information content (AvgIpc) is 3.08. The van der Waals surface area contributed by atoms with E-state index in [0.717, 1.165) is 17.8 Å². The van der Waals surface area contributed by atoms with Gasteiger partial charge >= 0.3 is 0 Å². The molecular formula is C17H24N2. The van der Waals surface area contributed by atoms with E-state index >= 15 is 0 Å². The summed E-state index contributed by atoms with van der Waals surface area (Å²) in [5, 5.41) is 0. The highest BCUT2D eigenvalue weighted by molar-refractivity contribution is 5.27. The first-order chi connectivity index (χ1) is 9.33. The molecule has 5 unspecified atom stereocenters. The van der Waals surface area contributed by atoms with Crippen molar-refractivity contribution < 1.29 is 0 Å². The highest BCUT2D eigenvalue weighted by Gasteiger charge is 2.44. The second kappa shape index (κ2) is 4.59. The van der Waals surface area contributed by atoms with Crippen molar-refractivity contribution in [2.45, 2.75) is 56.9 Å². The van der Waals surface area contributed by atoms with E-state index < -0.39 is 0 Å². The molecule has 2 saturated carbocycles. The first-order valence-electron chi connectivity index (χ1n) is 8.02. The molecule has 2 heteroatoms. The average molecular weight is 256 g/mol. The summed E-state index contributed by atoms with van der Waals surface area (Å²) in [6.07, 6.45) is 11.4. The molecule has 0 aromatic carbocycles. The van der Waals surface area contributed by atoms with Gasteiger partial charge in [0, 0.05) is 23.9 Å². The number of hydrogen-bond acceptors (Lipinski definition) is 2. The second-order valence-electron chi connectivity index (χ2n) is 6.96. The third-order valence-electron chi connectivity index (χ3n) is 5.99. The summed E-state index contributed by atoms with van der Waals surface area (Å²) in [5.41, 5.74) is 9.49. The van der Waals surface area contributed by atoms with Crippen molar-refractivity contribution in [3.8, 4) is 0 Å². The third-order valence-corrected chi connectivity index (χ3v) is 5.99. The van der Waals surface area contributed by atoms with E-state index in [-0.39, 0.29) is 0 Å². The van der Waals surface area contributed by atoms with Crippen LogP contribution in [0.2, 0.25) is 0 Å². The molecule has 0 spiro atoms. The largest absolute Gasteiger partial charge is 0.327 e. The maximum absolute atomic E-state index is 6.72. The Balaban J connectivity index is 1.59. The Morgan fingerprint density at radius 2 is 2.16 bits per heavy atom. The second-order valence-corrected chi connectivity index (χ2v) is 6.96. The summed E-state index contributed by atoms with van der Waals surface area (Å²) in [6.45, 7) is 0. The number of nitrogens with two attached hydrogens (primary N) is 1. The summed E-state index contributed by atoms with van der Waals surface area (Å²) >= 11 is 0. The van der Waals surface area contributed by atoms with Gasteiger partial charge in [0.05, 0.1) is 0 Å². The van der Waals surface area contributed by atoms with Crippen LogP contribution in [0.4, 0.5) is 0 Å². The molecule has 3 aliphatic rings. The number of pyridine rings is 1. The molecule has 102 valence electrons. The number of hydrogen-bond donors (Lipinski definition) is 1. The number of aryl methyl sites for hydroxylation is 1. The van der Waals surface area contributed by atoms with Gasteiger partial charge in [-0.15, -0.1) is 0 Å². The van der Waals surface area contributed by atoms with Crippen molar-refractivity contribution in [3.05, 3.63) is 29.6 Å². The van der Waals surface area contributed by atoms with Crippen molar-refractivity contribution in [1.29, 1.82) is 0 Å². The van der Waals surface area contributed by atoms with Crippen LogP contribution >= 0.6 is 0 Å². The van der Waals surface area contributed by atoms with Gasteiger partial charge in [-0.1, -0.05) is 12.5 Å². The van der Waals surface area contributed by atoms with Gasteiger partial charge in [0.1, 0.15) is 0 Å². The van der Waals surface area contributed by atoms with Gasteiger partial charge in [-0.2, -0.15) is 0 Å². The van der Waals surface area contributed by atoms with Gasteiger partial charge < -0.3 is 5.73 Å². The van der Waals surface area contributed by atoms with Crippen LogP contribution in [0.25, 0.3) is 0 Å². The molecule has 1 aromatic heterocycles. The molecule has 0 radical (unpaired) electrons. The maximum atomic E-state index is 6.72. The molecular weight excluding hydrogens is 232 g/mol. The van der Waals surface area contributed by atoms with Gasteiger partial charge in [-0.25, -0.2) is 0 Å². The number of fused-ring (bicyclic) bond motifs is 3. The standard InChI is InChI=1S/C17H24N2/c18-16(15-10-11-6-7-13(15)9-11)14-5-1-3-12-4-2-8-19-17(12)14/h2,4,8,11,13-16H,1,3,5-7,9-10,18H2. The summed E-state index contributed by atoms with van der Waals surface area (Å²) in [6, 6.07) is 4.68. The summed E-state index contributed by atoms with van der Waals surface area (Å²) < 4.78 is 0. The van der Waals surface area contributed by atoms with Gasteiger partial charge in [0.25, 0.3) is 0 Å². The number of aromatic nitrogens is 1. The first kappa shape index (κ1) is 11.9. The zero-order chi connectivity index (χ0) is 12.8. The Kier molecular flexibility index (Phi) is 2.87. The topological polar surface area (TPSA) is 38.9 Å². The zero-order valence-electron chi connectivity index (χ0n) is 11.6. The fourth-order valence-corrected chi connectivity index (χ4v) is 5.08. The van der Waals surface area contributed by atoms with Crippen molar-refractivity contribution in [2.75, 3.05) is 0 Å². The van der Waals surface area contributed by atoms with E-state index in [9.17, 15) is 0 Å². The molecule has 3 aliphatic carbocycles. The molecule has 1 aromatic rings. The van der Waals surface area contributed by atoms with Crippen LogP contribution in [-0.2, 0) is 6.42 Å². The van der Waals surface area contributed by atoms with E-state index in [0.29, 0.717) is 12.0 Å². The minimum atomic E-state index is 0.351. The molecule has 2 nitrogen and oxygen atoms in total. The van der Waals surface area contributed by atoms with E-state index in [4.69, 9.17) is 5.73 Å². The van der Waals surface area contributed by atoms with E-state index in [1.807, 2.05) is 6.20 Å². The molecule has 19 heavy (non-hydrogen) atoms. The Morgan fingerprint density at radius 1 is 1.21 bits per heavy atom. The van der Waals surface area contributed by atoms with Gasteiger partial charge in [0.2, 0.25) is 0 Å². The molecule has 2 bridgehead atoms. The van der Waals surface area contributed by atoms with E-state index in [1.165, 1.54) is 56.2 Å². The predicted molar refractivity (Wildman–Crippen MR) is 76.8 cm³/mol.